The molecule has 2 aromatic carbocycles. The first-order valence-corrected chi connectivity index (χ1v) is 12.2. The minimum atomic E-state index is -0.866. The van der Waals surface area contributed by atoms with Crippen LogP contribution < -0.4 is 41.2 Å². The van der Waals surface area contributed by atoms with Crippen molar-refractivity contribution in [3.05, 3.63) is 74.5 Å². The Morgan fingerprint density at radius 2 is 1.62 bits per heavy atom. The summed E-state index contributed by atoms with van der Waals surface area (Å²) in [5.74, 6) is 0.447. The van der Waals surface area contributed by atoms with E-state index in [1.165, 1.54) is 33.0 Å². The molecule has 40 heavy (non-hydrogen) atoms. The van der Waals surface area contributed by atoms with E-state index in [9.17, 15) is 9.59 Å². The Balaban J connectivity index is 1.85. The molecule has 0 fully saturated rings. The lowest BCUT2D eigenvalue weighted by Crippen LogP contribution is -2.37. The third-order valence-electron chi connectivity index (χ3n) is 6.44. The van der Waals surface area contributed by atoms with Crippen molar-refractivity contribution in [2.45, 2.75) is 12.8 Å². The van der Waals surface area contributed by atoms with Gasteiger partial charge in [0.05, 0.1) is 41.0 Å². The van der Waals surface area contributed by atoms with Gasteiger partial charge in [0, 0.05) is 0 Å². The van der Waals surface area contributed by atoms with E-state index in [0.717, 1.165) is 0 Å². The van der Waals surface area contributed by atoms with Gasteiger partial charge in [0.1, 0.15) is 16.6 Å². The average molecular weight is 550 g/mol. The molecule has 1 atom stereocenters. The van der Waals surface area contributed by atoms with Gasteiger partial charge in [0.2, 0.25) is 11.4 Å². The molecule has 0 amide bonds. The summed E-state index contributed by atoms with van der Waals surface area (Å²) in [4.78, 5) is 31.1. The van der Waals surface area contributed by atoms with Crippen LogP contribution in [0.25, 0.3) is 17.5 Å². The van der Waals surface area contributed by atoms with E-state index in [1.54, 1.807) is 49.4 Å². The van der Waals surface area contributed by atoms with Crippen molar-refractivity contribution in [1.29, 1.82) is 0 Å². The Labute approximate surface area is 227 Å². The van der Waals surface area contributed by atoms with Crippen molar-refractivity contribution >= 4 is 23.6 Å². The largest absolute Gasteiger partial charge is 0.493 e. The van der Waals surface area contributed by atoms with Crippen LogP contribution in [0.4, 0.5) is 6.01 Å². The number of nitrogens with two attached hydrogens (primary N) is 1. The molecule has 0 radical (unpaired) electrons. The minimum Gasteiger partial charge on any atom is -0.493 e. The van der Waals surface area contributed by atoms with Crippen LogP contribution >= 0.6 is 0 Å². The number of nitrogens with zero attached hydrogens (tertiary/aromatic N) is 2. The summed E-state index contributed by atoms with van der Waals surface area (Å²) in [5.41, 5.74) is 6.72. The highest BCUT2D eigenvalue weighted by atomic mass is 16.5. The molecular formula is C28H27N3O9. The molecule has 12 nitrogen and oxygen atoms in total. The maximum Gasteiger partial charge on any atom is 0.362 e. The standard InChI is InChI=1S/C28H27N3O9/c1-6-38-27(33)22-21(15-8-10-18(35-3)20(13-15)37-5)23-25(40-28(29)30-23)31-16(26(32)39-24(22)31)11-14-7-9-17(34-2)19(12-14)36-4/h7-13,21H,6H2,1-5H3,(H2,29,30)/b16-11+. The van der Waals surface area contributed by atoms with Gasteiger partial charge in [-0.2, -0.15) is 4.98 Å². The van der Waals surface area contributed by atoms with E-state index in [-0.39, 0.29) is 40.7 Å². The van der Waals surface area contributed by atoms with Crippen LogP contribution in [-0.2, 0) is 9.53 Å². The van der Waals surface area contributed by atoms with Gasteiger partial charge in [0.15, 0.2) is 23.0 Å². The second-order valence-electron chi connectivity index (χ2n) is 8.60. The maximum absolute atomic E-state index is 13.5. The number of methoxy groups -OCH3 is 4. The molecule has 0 spiro atoms. The Hall–Kier alpha value is -5.13. The van der Waals surface area contributed by atoms with Crippen molar-refractivity contribution in [2.24, 2.45) is 0 Å². The van der Waals surface area contributed by atoms with Gasteiger partial charge in [-0.25, -0.2) is 14.2 Å². The summed E-state index contributed by atoms with van der Waals surface area (Å²) >= 11 is 0. The van der Waals surface area contributed by atoms with E-state index in [1.807, 2.05) is 0 Å². The Morgan fingerprint density at radius 3 is 2.27 bits per heavy atom. The number of hydrogen-bond donors (Lipinski definition) is 1. The summed E-state index contributed by atoms with van der Waals surface area (Å²) in [7, 11) is 6.05. The number of benzene rings is 2. The first-order chi connectivity index (χ1) is 19.3. The fourth-order valence-electron chi connectivity index (χ4n) is 4.71. The molecule has 5 rings (SSSR count). The number of oxazole rings is 2. The second kappa shape index (κ2) is 10.6. The molecule has 0 aliphatic carbocycles. The fourth-order valence-corrected chi connectivity index (χ4v) is 4.71. The molecule has 3 heterocycles. The summed E-state index contributed by atoms with van der Waals surface area (Å²) in [6, 6.07) is 10.1. The molecule has 1 aliphatic rings. The fraction of sp³-hybridized carbons (Fsp3) is 0.250. The third kappa shape index (κ3) is 4.32. The van der Waals surface area contributed by atoms with Crippen LogP contribution in [0, 0.1) is 0 Å². The third-order valence-corrected chi connectivity index (χ3v) is 6.44. The summed E-state index contributed by atoms with van der Waals surface area (Å²) in [5, 5.41) is 0.0622. The molecule has 12 heteroatoms. The molecule has 1 aliphatic heterocycles. The maximum atomic E-state index is 13.5. The molecule has 0 saturated carbocycles. The quantitative estimate of drug-likeness (QED) is 0.320. The highest BCUT2D eigenvalue weighted by Crippen LogP contribution is 2.41. The molecule has 4 aromatic rings. The van der Waals surface area contributed by atoms with Crippen molar-refractivity contribution in [1.82, 2.24) is 9.55 Å². The van der Waals surface area contributed by atoms with Crippen LogP contribution in [0.2, 0.25) is 0 Å². The molecule has 2 aromatic heterocycles. The molecule has 1 unspecified atom stereocenters. The highest BCUT2D eigenvalue weighted by molar-refractivity contribution is 6.12. The first kappa shape index (κ1) is 26.5. The van der Waals surface area contributed by atoms with Crippen molar-refractivity contribution in [2.75, 3.05) is 40.8 Å². The highest BCUT2D eigenvalue weighted by Gasteiger charge is 2.40. The van der Waals surface area contributed by atoms with Gasteiger partial charge in [-0.3, -0.25) is 0 Å². The number of rotatable bonds is 8. The summed E-state index contributed by atoms with van der Waals surface area (Å²) in [6.07, 6.45) is 1.57. The number of ether oxygens (including phenoxy) is 5. The van der Waals surface area contributed by atoms with E-state index in [0.29, 0.717) is 34.1 Å². The second-order valence-corrected chi connectivity index (χ2v) is 8.60. The number of fused-ring (bicyclic) bond motifs is 3. The zero-order valence-electron chi connectivity index (χ0n) is 22.5. The van der Waals surface area contributed by atoms with Crippen molar-refractivity contribution < 1.29 is 37.3 Å². The number of nitrogen functional groups attached to an aromatic ring is 1. The number of carbonyl (C=O) groups is 1. The van der Waals surface area contributed by atoms with Crippen LogP contribution in [-0.4, -0.2) is 50.6 Å². The normalized spacial score (nSPS) is 14.4. The summed E-state index contributed by atoms with van der Waals surface area (Å²) in [6.45, 7) is 1.77. The predicted molar refractivity (Wildman–Crippen MR) is 143 cm³/mol. The number of esters is 1. The van der Waals surface area contributed by atoms with Crippen LogP contribution in [0.15, 0.2) is 50.0 Å². The SMILES string of the molecule is CCOC(=O)C1=c2oc(=O)/c(=C\c3ccc(OC)c(OC)c3)n2-c2oc(N)nc2C1c1ccc(OC)c(OC)c1. The van der Waals surface area contributed by atoms with E-state index >= 15 is 0 Å². The lowest BCUT2D eigenvalue weighted by Gasteiger charge is -2.22. The monoisotopic (exact) mass is 549 g/mol. The van der Waals surface area contributed by atoms with E-state index in [4.69, 9.17) is 38.3 Å². The Kier molecular flexibility index (Phi) is 6.99. The molecule has 0 bridgehead atoms. The number of carbonyl (C=O) groups excluding carboxylic acids is 1. The lowest BCUT2D eigenvalue weighted by molar-refractivity contribution is -0.136. The zero-order chi connectivity index (χ0) is 28.6. The van der Waals surface area contributed by atoms with Crippen molar-refractivity contribution in [3.8, 4) is 28.9 Å². The van der Waals surface area contributed by atoms with Crippen LogP contribution in [0.1, 0.15) is 29.7 Å². The van der Waals surface area contributed by atoms with Crippen LogP contribution in [0.5, 0.6) is 23.0 Å². The van der Waals surface area contributed by atoms with Crippen molar-refractivity contribution in [3.63, 3.8) is 0 Å². The smallest absolute Gasteiger partial charge is 0.362 e. The molecule has 208 valence electrons. The Morgan fingerprint density at radius 1 is 0.975 bits per heavy atom. The topological polar surface area (TPSA) is 150 Å². The number of hydrogen-bond acceptors (Lipinski definition) is 11. The Bertz CT molecular complexity index is 1780. The zero-order valence-corrected chi connectivity index (χ0v) is 22.5. The van der Waals surface area contributed by atoms with Gasteiger partial charge in [0.25, 0.3) is 6.01 Å². The molecule has 2 N–H and O–H groups in total. The average Bonchev–Trinajstić information content (AvgIpc) is 3.50. The predicted octanol–water partition coefficient (Wildman–Crippen LogP) is 1.72. The van der Waals surface area contributed by atoms with Crippen LogP contribution in [0.3, 0.4) is 0 Å². The van der Waals surface area contributed by atoms with E-state index in [2.05, 4.69) is 4.98 Å². The lowest BCUT2D eigenvalue weighted by atomic mass is 9.86. The van der Waals surface area contributed by atoms with Gasteiger partial charge in [-0.15, -0.1) is 0 Å². The van der Waals surface area contributed by atoms with Gasteiger partial charge < -0.3 is 38.3 Å². The summed E-state index contributed by atoms with van der Waals surface area (Å²) < 4.78 is 39.8. The molecular weight excluding hydrogens is 522 g/mol. The number of aromatic nitrogens is 2. The number of anilines is 1. The van der Waals surface area contributed by atoms with Gasteiger partial charge >= 0.3 is 11.6 Å². The van der Waals surface area contributed by atoms with Gasteiger partial charge in [-0.05, 0) is 48.4 Å². The molecule has 0 saturated heterocycles. The minimum absolute atomic E-state index is 0.0407. The first-order valence-electron chi connectivity index (χ1n) is 12.2. The van der Waals surface area contributed by atoms with Gasteiger partial charge in [-0.1, -0.05) is 12.1 Å². The van der Waals surface area contributed by atoms with E-state index < -0.39 is 17.5 Å².